The molecule has 3 aromatic heterocycles. The van der Waals surface area contributed by atoms with Crippen LogP contribution in [-0.2, 0) is 0 Å². The van der Waals surface area contributed by atoms with Crippen LogP contribution >= 0.6 is 0 Å². The fourth-order valence-corrected chi connectivity index (χ4v) is 9.05. The molecule has 0 aliphatic heterocycles. The Morgan fingerprint density at radius 2 is 0.793 bits per heavy atom. The first-order chi connectivity index (χ1) is 28.8. The SMILES string of the molecule is c1ccc(-c2cccc(-n3c4ccc5c(c6ccccc6n5-c5nc(-c6ccccc6)nc(-c6ccccc6)n5)c4c4c5ccccc5c5ccccc5c43)c2)cc1. The van der Waals surface area contributed by atoms with Crippen molar-refractivity contribution in [2.45, 2.75) is 0 Å². The molecule has 0 bridgehead atoms. The van der Waals surface area contributed by atoms with E-state index in [9.17, 15) is 0 Å². The van der Waals surface area contributed by atoms with Gasteiger partial charge in [-0.3, -0.25) is 4.57 Å². The minimum atomic E-state index is 0.577. The van der Waals surface area contributed by atoms with Gasteiger partial charge in [0.1, 0.15) is 0 Å². The molecule has 0 saturated heterocycles. The second-order valence-electron chi connectivity index (χ2n) is 14.8. The molecule has 0 saturated carbocycles. The van der Waals surface area contributed by atoms with Crippen LogP contribution in [0.2, 0.25) is 0 Å². The Morgan fingerprint density at radius 1 is 0.293 bits per heavy atom. The normalized spacial score (nSPS) is 11.8. The monoisotopic (exact) mass is 739 g/mol. The van der Waals surface area contributed by atoms with Crippen molar-refractivity contribution < 1.29 is 0 Å². The van der Waals surface area contributed by atoms with Gasteiger partial charge in [0.15, 0.2) is 11.6 Å². The molecule has 0 spiro atoms. The summed E-state index contributed by atoms with van der Waals surface area (Å²) in [6.45, 7) is 0. The zero-order valence-electron chi connectivity index (χ0n) is 31.3. The highest BCUT2D eigenvalue weighted by molar-refractivity contribution is 6.38. The second kappa shape index (κ2) is 12.8. The van der Waals surface area contributed by atoms with Gasteiger partial charge in [-0.25, -0.2) is 4.98 Å². The standard InChI is InChI=1S/C53H33N5/c1-4-17-34(18-5-1)37-23-16-24-38(33-37)57-46-32-31-45-47(49(46)48-41-27-12-10-25-39(41)40-26-11-13-28-42(40)50(48)57)43-29-14-15-30-44(43)58(45)53-55-51(35-19-6-2-7-20-35)54-52(56-53)36-21-8-3-9-22-36/h1-33H. The summed E-state index contributed by atoms with van der Waals surface area (Å²) in [5.41, 5.74) is 9.75. The predicted molar refractivity (Wildman–Crippen MR) is 240 cm³/mol. The maximum atomic E-state index is 5.23. The van der Waals surface area contributed by atoms with Crippen molar-refractivity contribution in [2.24, 2.45) is 0 Å². The van der Waals surface area contributed by atoms with Crippen LogP contribution in [0.5, 0.6) is 0 Å². The molecule has 3 heterocycles. The third kappa shape index (κ3) is 4.87. The van der Waals surface area contributed by atoms with Crippen LogP contribution in [0.15, 0.2) is 200 Å². The zero-order valence-corrected chi connectivity index (χ0v) is 31.3. The van der Waals surface area contributed by atoms with Crippen molar-refractivity contribution in [1.82, 2.24) is 24.1 Å². The van der Waals surface area contributed by atoms with E-state index in [-0.39, 0.29) is 0 Å². The lowest BCUT2D eigenvalue weighted by molar-refractivity contribution is 0.953. The maximum absolute atomic E-state index is 5.23. The number of hydrogen-bond donors (Lipinski definition) is 0. The summed E-state index contributed by atoms with van der Waals surface area (Å²) in [7, 11) is 0. The Bertz CT molecular complexity index is 3490. The van der Waals surface area contributed by atoms with Gasteiger partial charge in [0, 0.05) is 43.7 Å². The van der Waals surface area contributed by atoms with Gasteiger partial charge in [-0.1, -0.05) is 170 Å². The third-order valence-electron chi connectivity index (χ3n) is 11.5. The van der Waals surface area contributed by atoms with E-state index in [1.165, 1.54) is 54.3 Å². The first kappa shape index (κ1) is 32.4. The van der Waals surface area contributed by atoms with Gasteiger partial charge >= 0.3 is 0 Å². The summed E-state index contributed by atoms with van der Waals surface area (Å²) in [5.74, 6) is 1.83. The van der Waals surface area contributed by atoms with Crippen LogP contribution < -0.4 is 0 Å². The summed E-state index contributed by atoms with van der Waals surface area (Å²) >= 11 is 0. The fourth-order valence-electron chi connectivity index (χ4n) is 9.05. The number of fused-ring (bicyclic) bond motifs is 12. The molecule has 0 aliphatic carbocycles. The highest BCUT2D eigenvalue weighted by Gasteiger charge is 2.25. The Labute approximate surface area is 333 Å². The summed E-state index contributed by atoms with van der Waals surface area (Å²) in [6.07, 6.45) is 0. The lowest BCUT2D eigenvalue weighted by atomic mass is 9.95. The molecule has 270 valence electrons. The van der Waals surface area contributed by atoms with Gasteiger partial charge in [0.2, 0.25) is 5.95 Å². The third-order valence-corrected chi connectivity index (χ3v) is 11.5. The molecule has 0 fully saturated rings. The first-order valence-electron chi connectivity index (χ1n) is 19.6. The fraction of sp³-hybridized carbons (Fsp3) is 0. The topological polar surface area (TPSA) is 48.5 Å². The van der Waals surface area contributed by atoms with Crippen LogP contribution in [-0.4, -0.2) is 24.1 Å². The van der Waals surface area contributed by atoms with E-state index in [1.54, 1.807) is 0 Å². The maximum Gasteiger partial charge on any atom is 0.238 e. The number of para-hydroxylation sites is 1. The molecule has 5 nitrogen and oxygen atoms in total. The van der Waals surface area contributed by atoms with Crippen molar-refractivity contribution in [3.05, 3.63) is 200 Å². The van der Waals surface area contributed by atoms with E-state index in [2.05, 4.69) is 173 Å². The largest absolute Gasteiger partial charge is 0.309 e. The lowest BCUT2D eigenvalue weighted by Gasteiger charge is -2.13. The quantitative estimate of drug-likeness (QED) is 0.165. The Hall–Kier alpha value is -7.89. The molecule has 0 unspecified atom stereocenters. The smallest absolute Gasteiger partial charge is 0.238 e. The molecule has 0 aliphatic rings. The minimum absolute atomic E-state index is 0.577. The Balaban J connectivity index is 1.25. The van der Waals surface area contributed by atoms with Crippen LogP contribution in [0, 0.1) is 0 Å². The van der Waals surface area contributed by atoms with E-state index in [0.29, 0.717) is 17.6 Å². The van der Waals surface area contributed by atoms with E-state index in [1.807, 2.05) is 36.4 Å². The molecule has 0 N–H and O–H groups in total. The molecule has 9 aromatic carbocycles. The van der Waals surface area contributed by atoms with E-state index < -0.39 is 0 Å². The van der Waals surface area contributed by atoms with Crippen molar-refractivity contribution in [3.63, 3.8) is 0 Å². The number of benzene rings is 9. The van der Waals surface area contributed by atoms with Gasteiger partial charge in [-0.2, -0.15) is 9.97 Å². The summed E-state index contributed by atoms with van der Waals surface area (Å²) in [4.78, 5) is 15.5. The molecule has 12 aromatic rings. The van der Waals surface area contributed by atoms with Crippen molar-refractivity contribution in [2.75, 3.05) is 0 Å². The number of rotatable bonds is 5. The molecular weight excluding hydrogens is 707 g/mol. The highest BCUT2D eigenvalue weighted by atomic mass is 15.2. The molecule has 5 heteroatoms. The second-order valence-corrected chi connectivity index (χ2v) is 14.8. The van der Waals surface area contributed by atoms with Crippen LogP contribution in [0.25, 0.3) is 111 Å². The van der Waals surface area contributed by atoms with Gasteiger partial charge in [0.25, 0.3) is 0 Å². The number of aromatic nitrogens is 5. The summed E-state index contributed by atoms with van der Waals surface area (Å²) < 4.78 is 4.72. The summed E-state index contributed by atoms with van der Waals surface area (Å²) in [6, 6.07) is 70.9. The van der Waals surface area contributed by atoms with E-state index in [4.69, 9.17) is 15.0 Å². The minimum Gasteiger partial charge on any atom is -0.309 e. The van der Waals surface area contributed by atoms with E-state index in [0.717, 1.165) is 38.8 Å². The van der Waals surface area contributed by atoms with Crippen LogP contribution in [0.1, 0.15) is 0 Å². The zero-order chi connectivity index (χ0) is 38.2. The van der Waals surface area contributed by atoms with Crippen molar-refractivity contribution in [1.29, 1.82) is 0 Å². The molecule has 0 amide bonds. The van der Waals surface area contributed by atoms with Gasteiger partial charge in [-0.15, -0.1) is 0 Å². The average Bonchev–Trinajstić information content (AvgIpc) is 3.84. The van der Waals surface area contributed by atoms with Crippen LogP contribution in [0.4, 0.5) is 0 Å². The van der Waals surface area contributed by atoms with E-state index >= 15 is 0 Å². The van der Waals surface area contributed by atoms with Crippen molar-refractivity contribution >= 4 is 65.2 Å². The molecule has 0 radical (unpaired) electrons. The number of hydrogen-bond acceptors (Lipinski definition) is 3. The van der Waals surface area contributed by atoms with Gasteiger partial charge in [0.05, 0.1) is 22.1 Å². The Kier molecular flexibility index (Phi) is 7.16. The predicted octanol–water partition coefficient (Wildman–Crippen LogP) is 13.4. The first-order valence-corrected chi connectivity index (χ1v) is 19.6. The highest BCUT2D eigenvalue weighted by Crippen LogP contribution is 2.47. The molecule has 58 heavy (non-hydrogen) atoms. The average molecular weight is 740 g/mol. The van der Waals surface area contributed by atoms with Crippen LogP contribution in [0.3, 0.4) is 0 Å². The van der Waals surface area contributed by atoms with Gasteiger partial charge < -0.3 is 4.57 Å². The Morgan fingerprint density at radius 3 is 1.45 bits per heavy atom. The molecular formula is C53H33N5. The van der Waals surface area contributed by atoms with Crippen molar-refractivity contribution in [3.8, 4) is 45.5 Å². The lowest BCUT2D eigenvalue weighted by Crippen LogP contribution is -2.06. The number of nitrogens with zero attached hydrogens (tertiary/aromatic N) is 5. The molecule has 0 atom stereocenters. The molecule has 12 rings (SSSR count). The summed E-state index contributed by atoms with van der Waals surface area (Å²) in [5, 5.41) is 9.65. The van der Waals surface area contributed by atoms with Gasteiger partial charge in [-0.05, 0) is 57.6 Å².